The quantitative estimate of drug-likeness (QED) is 0.807. The molecule has 1 heterocycles. The smallest absolute Gasteiger partial charge is 0.0697 e. The third-order valence-electron chi connectivity index (χ3n) is 3.11. The van der Waals surface area contributed by atoms with Crippen molar-refractivity contribution in [3.63, 3.8) is 0 Å². The molecule has 1 saturated heterocycles. The summed E-state index contributed by atoms with van der Waals surface area (Å²) < 4.78 is 0. The number of hydrogen-bond donors (Lipinski definition) is 1. The van der Waals surface area contributed by atoms with Crippen LogP contribution in [0.25, 0.3) is 0 Å². The minimum atomic E-state index is -0.0993. The van der Waals surface area contributed by atoms with Crippen LogP contribution >= 0.6 is 23.5 Å². The van der Waals surface area contributed by atoms with E-state index in [-0.39, 0.29) is 6.10 Å². The fourth-order valence-electron chi connectivity index (χ4n) is 2.06. The molecule has 3 heteroatoms. The lowest BCUT2D eigenvalue weighted by molar-refractivity contribution is 0.100. The second kappa shape index (κ2) is 6.29. The molecule has 0 saturated carbocycles. The maximum absolute atomic E-state index is 10.3. The highest BCUT2D eigenvalue weighted by molar-refractivity contribution is 8.07. The van der Waals surface area contributed by atoms with Gasteiger partial charge in [0.15, 0.2) is 0 Å². The summed E-state index contributed by atoms with van der Waals surface area (Å²) in [6.07, 6.45) is 2.11. The normalized spacial score (nSPS) is 30.6. The van der Waals surface area contributed by atoms with E-state index in [1.54, 1.807) is 0 Å². The van der Waals surface area contributed by atoms with Gasteiger partial charge >= 0.3 is 0 Å². The van der Waals surface area contributed by atoms with Crippen LogP contribution in [0.2, 0.25) is 0 Å². The molecule has 0 aliphatic carbocycles. The summed E-state index contributed by atoms with van der Waals surface area (Å²) in [6, 6.07) is 0. The Kier molecular flexibility index (Phi) is 5.72. The Labute approximate surface area is 96.4 Å². The van der Waals surface area contributed by atoms with Gasteiger partial charge in [0.2, 0.25) is 0 Å². The van der Waals surface area contributed by atoms with Crippen molar-refractivity contribution < 1.29 is 5.11 Å². The van der Waals surface area contributed by atoms with Gasteiger partial charge in [-0.15, -0.1) is 0 Å². The van der Waals surface area contributed by atoms with Crippen LogP contribution in [0.5, 0.6) is 0 Å². The Bertz CT molecular complexity index is 159. The van der Waals surface area contributed by atoms with E-state index in [1.165, 1.54) is 11.5 Å². The third kappa shape index (κ3) is 3.07. The molecule has 1 aliphatic heterocycles. The summed E-state index contributed by atoms with van der Waals surface area (Å²) in [5.74, 6) is 2.95. The number of aliphatic hydroxyl groups excluding tert-OH is 1. The Hall–Kier alpha value is 0.660. The fraction of sp³-hybridized carbons (Fsp3) is 1.00. The van der Waals surface area contributed by atoms with Gasteiger partial charge in [-0.25, -0.2) is 0 Å². The predicted octanol–water partition coefficient (Wildman–Crippen LogP) is 3.02. The first-order valence-corrected chi connectivity index (χ1v) is 7.71. The summed E-state index contributed by atoms with van der Waals surface area (Å²) in [7, 11) is 0. The molecule has 0 aromatic heterocycles. The molecule has 0 bridgehead atoms. The van der Waals surface area contributed by atoms with E-state index in [2.05, 4.69) is 20.8 Å². The van der Waals surface area contributed by atoms with Gasteiger partial charge in [-0.2, -0.15) is 23.5 Å². The van der Waals surface area contributed by atoms with Gasteiger partial charge in [0, 0.05) is 22.0 Å². The molecule has 3 atom stereocenters. The van der Waals surface area contributed by atoms with Crippen LogP contribution in [-0.2, 0) is 0 Å². The van der Waals surface area contributed by atoms with E-state index < -0.39 is 0 Å². The molecule has 0 aromatic carbocycles. The zero-order valence-electron chi connectivity index (χ0n) is 9.40. The fourth-order valence-corrected chi connectivity index (χ4v) is 4.99. The van der Waals surface area contributed by atoms with Gasteiger partial charge in [-0.05, 0) is 5.92 Å². The molecule has 0 aromatic rings. The predicted molar refractivity (Wildman–Crippen MR) is 68.2 cm³/mol. The zero-order valence-corrected chi connectivity index (χ0v) is 11.0. The van der Waals surface area contributed by atoms with Crippen molar-refractivity contribution in [1.29, 1.82) is 0 Å². The molecule has 1 nitrogen and oxygen atoms in total. The maximum atomic E-state index is 10.3. The van der Waals surface area contributed by atoms with E-state index in [0.29, 0.717) is 16.4 Å². The molecule has 14 heavy (non-hydrogen) atoms. The SMILES string of the molecule is CCC(CC)C(O)C1SCCSC1C. The van der Waals surface area contributed by atoms with Crippen molar-refractivity contribution in [1.82, 2.24) is 0 Å². The molecule has 84 valence electrons. The number of thioether (sulfide) groups is 2. The standard InChI is InChI=1S/C11H22OS2/c1-4-9(5-2)10(12)11-8(3)13-6-7-14-11/h8-12H,4-7H2,1-3H3. The molecule has 1 N–H and O–H groups in total. The van der Waals surface area contributed by atoms with Crippen molar-refractivity contribution in [3.05, 3.63) is 0 Å². The highest BCUT2D eigenvalue weighted by atomic mass is 32.2. The molecule has 1 fully saturated rings. The second-order valence-corrected chi connectivity index (χ2v) is 6.75. The van der Waals surface area contributed by atoms with Crippen molar-refractivity contribution >= 4 is 23.5 Å². The highest BCUT2D eigenvalue weighted by Crippen LogP contribution is 2.36. The molecule has 1 rings (SSSR count). The largest absolute Gasteiger partial charge is 0.392 e. The Morgan fingerprint density at radius 2 is 1.79 bits per heavy atom. The Morgan fingerprint density at radius 3 is 2.29 bits per heavy atom. The molecule has 1 aliphatic rings. The van der Waals surface area contributed by atoms with Crippen molar-refractivity contribution in [2.75, 3.05) is 11.5 Å². The van der Waals surface area contributed by atoms with Gasteiger partial charge in [0.1, 0.15) is 0 Å². The van der Waals surface area contributed by atoms with Gasteiger partial charge in [-0.3, -0.25) is 0 Å². The van der Waals surface area contributed by atoms with E-state index >= 15 is 0 Å². The molecule has 0 amide bonds. The molecule has 0 radical (unpaired) electrons. The van der Waals surface area contributed by atoms with Crippen molar-refractivity contribution in [2.45, 2.75) is 50.2 Å². The lowest BCUT2D eigenvalue weighted by Crippen LogP contribution is -2.39. The minimum Gasteiger partial charge on any atom is -0.392 e. The van der Waals surface area contributed by atoms with Crippen LogP contribution in [0.15, 0.2) is 0 Å². The number of rotatable bonds is 4. The van der Waals surface area contributed by atoms with E-state index in [9.17, 15) is 5.11 Å². The third-order valence-corrected chi connectivity index (χ3v) is 6.31. The van der Waals surface area contributed by atoms with E-state index in [1.807, 2.05) is 23.5 Å². The lowest BCUT2D eigenvalue weighted by atomic mass is 9.93. The summed E-state index contributed by atoms with van der Waals surface area (Å²) >= 11 is 3.98. The van der Waals surface area contributed by atoms with Gasteiger partial charge < -0.3 is 5.11 Å². The first-order valence-electron chi connectivity index (χ1n) is 5.62. The summed E-state index contributed by atoms with van der Waals surface area (Å²) in [6.45, 7) is 6.62. The van der Waals surface area contributed by atoms with Crippen LogP contribution in [0, 0.1) is 5.92 Å². The van der Waals surface area contributed by atoms with Crippen LogP contribution < -0.4 is 0 Å². The van der Waals surface area contributed by atoms with Crippen molar-refractivity contribution in [2.24, 2.45) is 5.92 Å². The minimum absolute atomic E-state index is 0.0993. The average molecular weight is 234 g/mol. The molecular weight excluding hydrogens is 212 g/mol. The first kappa shape index (κ1) is 12.7. The summed E-state index contributed by atoms with van der Waals surface area (Å²) in [4.78, 5) is 0. The summed E-state index contributed by atoms with van der Waals surface area (Å²) in [5.41, 5.74) is 0. The highest BCUT2D eigenvalue weighted by Gasteiger charge is 2.32. The van der Waals surface area contributed by atoms with E-state index in [0.717, 1.165) is 12.8 Å². The van der Waals surface area contributed by atoms with E-state index in [4.69, 9.17) is 0 Å². The lowest BCUT2D eigenvalue weighted by Gasteiger charge is -2.35. The van der Waals surface area contributed by atoms with Crippen LogP contribution in [-0.4, -0.2) is 33.2 Å². The average Bonchev–Trinajstić information content (AvgIpc) is 2.20. The topological polar surface area (TPSA) is 20.2 Å². The van der Waals surface area contributed by atoms with Crippen LogP contribution in [0.3, 0.4) is 0 Å². The monoisotopic (exact) mass is 234 g/mol. The van der Waals surface area contributed by atoms with Crippen LogP contribution in [0.4, 0.5) is 0 Å². The first-order chi connectivity index (χ1) is 6.70. The van der Waals surface area contributed by atoms with Crippen molar-refractivity contribution in [3.8, 4) is 0 Å². The number of hydrogen-bond acceptors (Lipinski definition) is 3. The molecular formula is C11H22OS2. The maximum Gasteiger partial charge on any atom is 0.0697 e. The van der Waals surface area contributed by atoms with Gasteiger partial charge in [-0.1, -0.05) is 33.6 Å². The Balaban J connectivity index is 2.52. The van der Waals surface area contributed by atoms with Gasteiger partial charge in [0.05, 0.1) is 6.10 Å². The molecule has 3 unspecified atom stereocenters. The second-order valence-electron chi connectivity index (χ2n) is 3.98. The van der Waals surface area contributed by atoms with Gasteiger partial charge in [0.25, 0.3) is 0 Å². The van der Waals surface area contributed by atoms with Crippen LogP contribution in [0.1, 0.15) is 33.6 Å². The summed E-state index contributed by atoms with van der Waals surface area (Å²) in [5, 5.41) is 11.3. The molecule has 0 spiro atoms. The zero-order chi connectivity index (χ0) is 10.6. The Morgan fingerprint density at radius 1 is 1.21 bits per heavy atom. The number of aliphatic hydroxyl groups is 1.